The Labute approximate surface area is 143 Å². The Kier molecular flexibility index (Phi) is 6.05. The van der Waals surface area contributed by atoms with E-state index in [0.717, 1.165) is 6.07 Å². The Hall–Kier alpha value is -3.42. The number of hydrogen-bond acceptors (Lipinski definition) is 6. The predicted octanol–water partition coefficient (Wildman–Crippen LogP) is 2.74. The summed E-state index contributed by atoms with van der Waals surface area (Å²) in [5.41, 5.74) is 2.80. The van der Waals surface area contributed by atoms with Crippen LogP contribution in [0.25, 0.3) is 0 Å². The van der Waals surface area contributed by atoms with Gasteiger partial charge in [-0.15, -0.1) is 0 Å². The van der Waals surface area contributed by atoms with Crippen LogP contribution in [-0.4, -0.2) is 32.5 Å². The second-order valence-corrected chi connectivity index (χ2v) is 4.67. The van der Waals surface area contributed by atoms with Crippen LogP contribution in [0.4, 0.5) is 9.18 Å². The zero-order valence-electron chi connectivity index (χ0n) is 13.5. The average Bonchev–Trinajstić information content (AvgIpc) is 2.62. The van der Waals surface area contributed by atoms with E-state index in [0.29, 0.717) is 5.56 Å². The molecule has 0 saturated carbocycles. The van der Waals surface area contributed by atoms with E-state index in [1.807, 2.05) is 0 Å². The Morgan fingerprint density at radius 1 is 1.12 bits per heavy atom. The van der Waals surface area contributed by atoms with Crippen molar-refractivity contribution in [1.29, 1.82) is 0 Å². The number of carbonyl (C=O) groups excluding carboxylic acids is 2. The lowest BCUT2D eigenvalue weighted by Crippen LogP contribution is -2.16. The maximum absolute atomic E-state index is 13.2. The van der Waals surface area contributed by atoms with Crippen molar-refractivity contribution in [2.24, 2.45) is 5.10 Å². The summed E-state index contributed by atoms with van der Waals surface area (Å²) in [4.78, 5) is 23.0. The third-order valence-corrected chi connectivity index (χ3v) is 3.01. The van der Waals surface area contributed by atoms with Crippen molar-refractivity contribution >= 4 is 18.3 Å². The van der Waals surface area contributed by atoms with Gasteiger partial charge in [-0.3, -0.25) is 0 Å². The average molecular weight is 346 g/mol. The molecule has 2 aromatic rings. The van der Waals surface area contributed by atoms with Crippen LogP contribution in [0.2, 0.25) is 0 Å². The molecular weight excluding hydrogens is 331 g/mol. The van der Waals surface area contributed by atoms with Crippen molar-refractivity contribution in [2.75, 3.05) is 14.2 Å². The number of amides is 1. The third-order valence-electron chi connectivity index (χ3n) is 3.01. The molecule has 0 aliphatic rings. The van der Waals surface area contributed by atoms with Crippen LogP contribution in [0.3, 0.4) is 0 Å². The molecule has 0 fully saturated rings. The summed E-state index contributed by atoms with van der Waals surface area (Å²) >= 11 is 0. The van der Waals surface area contributed by atoms with Crippen LogP contribution in [-0.2, 0) is 4.74 Å². The molecule has 2 rings (SSSR count). The van der Waals surface area contributed by atoms with Crippen molar-refractivity contribution < 1.29 is 28.2 Å². The molecule has 0 spiro atoms. The highest BCUT2D eigenvalue weighted by molar-refractivity contribution is 5.91. The zero-order valence-corrected chi connectivity index (χ0v) is 13.5. The first-order valence-corrected chi connectivity index (χ1v) is 7.06. The summed E-state index contributed by atoms with van der Waals surface area (Å²) in [6.07, 6.45) is 0.654. The lowest BCUT2D eigenvalue weighted by atomic mass is 10.2. The Bertz CT molecular complexity index is 807. The molecule has 0 aliphatic carbocycles. The normalized spacial score (nSPS) is 10.4. The first-order valence-electron chi connectivity index (χ1n) is 7.06. The summed E-state index contributed by atoms with van der Waals surface area (Å²) < 4.78 is 28.0. The fourth-order valence-corrected chi connectivity index (χ4v) is 1.83. The molecule has 0 radical (unpaired) electrons. The maximum atomic E-state index is 13.2. The summed E-state index contributed by atoms with van der Waals surface area (Å²) in [6.45, 7) is 0. The van der Waals surface area contributed by atoms with Crippen LogP contribution >= 0.6 is 0 Å². The van der Waals surface area contributed by atoms with Gasteiger partial charge >= 0.3 is 12.1 Å². The molecule has 25 heavy (non-hydrogen) atoms. The first kappa shape index (κ1) is 17.9. The van der Waals surface area contributed by atoms with Gasteiger partial charge in [0, 0.05) is 0 Å². The van der Waals surface area contributed by atoms with Gasteiger partial charge in [-0.25, -0.2) is 19.4 Å². The van der Waals surface area contributed by atoms with Crippen molar-refractivity contribution in [3.63, 3.8) is 0 Å². The van der Waals surface area contributed by atoms with E-state index in [1.54, 1.807) is 12.1 Å². The molecule has 8 heteroatoms. The van der Waals surface area contributed by atoms with Gasteiger partial charge in [-0.2, -0.15) is 5.10 Å². The second-order valence-electron chi connectivity index (χ2n) is 4.67. The van der Waals surface area contributed by atoms with Gasteiger partial charge in [-0.1, -0.05) is 6.07 Å². The molecule has 1 N–H and O–H groups in total. The van der Waals surface area contributed by atoms with Crippen molar-refractivity contribution in [3.05, 3.63) is 59.4 Å². The minimum absolute atomic E-state index is 0.0787. The molecular formula is C17H15FN2O5. The highest BCUT2D eigenvalue weighted by Crippen LogP contribution is 2.28. The van der Waals surface area contributed by atoms with Crippen molar-refractivity contribution in [2.45, 2.75) is 0 Å². The minimum Gasteiger partial charge on any atom is -0.493 e. The quantitative estimate of drug-likeness (QED) is 0.389. The molecule has 2 aromatic carbocycles. The summed E-state index contributed by atoms with van der Waals surface area (Å²) in [5.74, 6) is -0.820. The largest absolute Gasteiger partial charge is 0.493 e. The van der Waals surface area contributed by atoms with Crippen LogP contribution in [0.1, 0.15) is 15.9 Å². The molecule has 0 unspecified atom stereocenters. The molecule has 0 atom stereocenters. The maximum Gasteiger partial charge on any atom is 0.427 e. The number of nitrogens with zero attached hydrogens (tertiary/aromatic N) is 1. The van der Waals surface area contributed by atoms with E-state index in [2.05, 4.69) is 15.3 Å². The van der Waals surface area contributed by atoms with E-state index in [4.69, 9.17) is 9.47 Å². The van der Waals surface area contributed by atoms with Crippen LogP contribution in [0.15, 0.2) is 47.6 Å². The van der Waals surface area contributed by atoms with Gasteiger partial charge < -0.3 is 14.2 Å². The van der Waals surface area contributed by atoms with E-state index in [1.165, 1.54) is 44.7 Å². The standard InChI is InChI=1S/C17H15FN2O5/c1-23-15-8-11(10-19-20-17(22)24-2)6-7-14(15)25-16(21)12-4-3-5-13(18)9-12/h3-10H,1-2H3,(H,20,22)/b19-10+. The number of hydrogen-bond donors (Lipinski definition) is 1. The van der Waals surface area contributed by atoms with Gasteiger partial charge in [-0.05, 0) is 42.0 Å². The zero-order chi connectivity index (χ0) is 18.2. The van der Waals surface area contributed by atoms with E-state index in [-0.39, 0.29) is 17.1 Å². The molecule has 0 aliphatic heterocycles. The first-order chi connectivity index (χ1) is 12.0. The van der Waals surface area contributed by atoms with E-state index < -0.39 is 17.9 Å². The fourth-order valence-electron chi connectivity index (χ4n) is 1.83. The minimum atomic E-state index is -0.716. The number of rotatable bonds is 5. The number of halogens is 1. The molecule has 7 nitrogen and oxygen atoms in total. The molecule has 0 saturated heterocycles. The van der Waals surface area contributed by atoms with E-state index in [9.17, 15) is 14.0 Å². The number of ether oxygens (including phenoxy) is 3. The second kappa shape index (κ2) is 8.44. The Morgan fingerprint density at radius 2 is 1.92 bits per heavy atom. The molecule has 0 heterocycles. The third kappa shape index (κ3) is 5.03. The van der Waals surface area contributed by atoms with Gasteiger partial charge in [0.25, 0.3) is 0 Å². The monoisotopic (exact) mass is 346 g/mol. The van der Waals surface area contributed by atoms with Crippen LogP contribution in [0, 0.1) is 5.82 Å². The van der Waals surface area contributed by atoms with Gasteiger partial charge in [0.05, 0.1) is 26.0 Å². The van der Waals surface area contributed by atoms with Crippen molar-refractivity contribution in [1.82, 2.24) is 5.43 Å². The van der Waals surface area contributed by atoms with E-state index >= 15 is 0 Å². The smallest absolute Gasteiger partial charge is 0.427 e. The summed E-state index contributed by atoms with van der Waals surface area (Å²) in [6, 6.07) is 9.81. The number of benzene rings is 2. The van der Waals surface area contributed by atoms with Crippen molar-refractivity contribution in [3.8, 4) is 11.5 Å². The number of nitrogens with one attached hydrogen (secondary N) is 1. The Balaban J connectivity index is 2.13. The highest BCUT2D eigenvalue weighted by atomic mass is 19.1. The van der Waals surface area contributed by atoms with Crippen LogP contribution in [0.5, 0.6) is 11.5 Å². The lowest BCUT2D eigenvalue weighted by Gasteiger charge is -2.10. The van der Waals surface area contributed by atoms with Crippen LogP contribution < -0.4 is 14.9 Å². The van der Waals surface area contributed by atoms with Gasteiger partial charge in [0.1, 0.15) is 5.82 Å². The number of methoxy groups -OCH3 is 2. The number of hydrazone groups is 1. The molecule has 0 aromatic heterocycles. The SMILES string of the molecule is COC(=O)N/N=C/c1ccc(OC(=O)c2cccc(F)c2)c(OC)c1. The molecule has 130 valence electrons. The fraction of sp³-hybridized carbons (Fsp3) is 0.118. The number of carbonyl (C=O) groups is 2. The molecule has 0 bridgehead atoms. The lowest BCUT2D eigenvalue weighted by molar-refractivity contribution is 0.0729. The topological polar surface area (TPSA) is 86.2 Å². The summed E-state index contributed by atoms with van der Waals surface area (Å²) in [7, 11) is 2.62. The van der Waals surface area contributed by atoms with Gasteiger partial charge in [0.2, 0.25) is 0 Å². The molecule has 1 amide bonds. The number of esters is 1. The predicted molar refractivity (Wildman–Crippen MR) is 87.5 cm³/mol. The summed E-state index contributed by atoms with van der Waals surface area (Å²) in [5, 5.41) is 3.68. The Morgan fingerprint density at radius 3 is 2.60 bits per heavy atom. The van der Waals surface area contributed by atoms with Gasteiger partial charge in [0.15, 0.2) is 11.5 Å². The highest BCUT2D eigenvalue weighted by Gasteiger charge is 2.13.